The third-order valence-corrected chi connectivity index (χ3v) is 3.79. The lowest BCUT2D eigenvalue weighted by Gasteiger charge is -2.23. The fraction of sp³-hybridized carbons (Fsp3) is 0.917. The van der Waals surface area contributed by atoms with E-state index in [0.717, 1.165) is 24.3 Å². The van der Waals surface area contributed by atoms with Gasteiger partial charge in [0.25, 0.3) is 0 Å². The number of thioether (sulfide) groups is 1. The predicted molar refractivity (Wildman–Crippen MR) is 72.3 cm³/mol. The molecule has 0 unspecified atom stereocenters. The standard InChI is InChI=1S/C12H24N2O2S/c1-12(2,3)16-11(15)14-8-9-4-6-17-7-5-10(9)13/h9-10H,4-8,13H2,1-3H3,(H,14,15)/t9-,10-/m0/s1. The van der Waals surface area contributed by atoms with Gasteiger partial charge in [-0.1, -0.05) is 0 Å². The van der Waals surface area contributed by atoms with Gasteiger partial charge in [0.2, 0.25) is 0 Å². The van der Waals surface area contributed by atoms with Crippen LogP contribution in [0.1, 0.15) is 33.6 Å². The van der Waals surface area contributed by atoms with Crippen molar-refractivity contribution in [3.63, 3.8) is 0 Å². The maximum Gasteiger partial charge on any atom is 0.407 e. The number of ether oxygens (including phenoxy) is 1. The lowest BCUT2D eigenvalue weighted by atomic mass is 9.96. The Morgan fingerprint density at radius 2 is 2.06 bits per heavy atom. The van der Waals surface area contributed by atoms with E-state index >= 15 is 0 Å². The quantitative estimate of drug-likeness (QED) is 0.797. The van der Waals surface area contributed by atoms with E-state index < -0.39 is 5.60 Å². The van der Waals surface area contributed by atoms with Gasteiger partial charge in [-0.2, -0.15) is 11.8 Å². The third kappa shape index (κ3) is 6.17. The Balaban J connectivity index is 2.31. The molecule has 3 N–H and O–H groups in total. The van der Waals surface area contributed by atoms with Crippen LogP contribution in [0.2, 0.25) is 0 Å². The van der Waals surface area contributed by atoms with Gasteiger partial charge in [0, 0.05) is 12.6 Å². The highest BCUT2D eigenvalue weighted by Crippen LogP contribution is 2.21. The smallest absolute Gasteiger partial charge is 0.407 e. The first-order valence-electron chi connectivity index (χ1n) is 6.18. The van der Waals surface area contributed by atoms with Crippen molar-refractivity contribution in [2.24, 2.45) is 11.7 Å². The van der Waals surface area contributed by atoms with Gasteiger partial charge in [-0.25, -0.2) is 4.79 Å². The normalized spacial score (nSPS) is 26.1. The van der Waals surface area contributed by atoms with Crippen LogP contribution >= 0.6 is 11.8 Å². The Bertz CT molecular complexity index is 253. The van der Waals surface area contributed by atoms with E-state index in [2.05, 4.69) is 5.32 Å². The van der Waals surface area contributed by atoms with Crippen LogP contribution in [0, 0.1) is 5.92 Å². The van der Waals surface area contributed by atoms with Gasteiger partial charge >= 0.3 is 6.09 Å². The van der Waals surface area contributed by atoms with Crippen LogP contribution in [0.4, 0.5) is 4.79 Å². The zero-order chi connectivity index (χ0) is 12.9. The lowest BCUT2D eigenvalue weighted by Crippen LogP contribution is -2.41. The molecule has 0 radical (unpaired) electrons. The highest BCUT2D eigenvalue weighted by atomic mass is 32.2. The van der Waals surface area contributed by atoms with Crippen molar-refractivity contribution in [3.05, 3.63) is 0 Å². The van der Waals surface area contributed by atoms with Crippen molar-refractivity contribution in [1.29, 1.82) is 0 Å². The van der Waals surface area contributed by atoms with Crippen molar-refractivity contribution in [2.75, 3.05) is 18.1 Å². The monoisotopic (exact) mass is 260 g/mol. The summed E-state index contributed by atoms with van der Waals surface area (Å²) in [5.41, 5.74) is 5.65. The van der Waals surface area contributed by atoms with E-state index in [4.69, 9.17) is 10.5 Å². The maximum atomic E-state index is 11.5. The van der Waals surface area contributed by atoms with Crippen LogP contribution < -0.4 is 11.1 Å². The minimum absolute atomic E-state index is 0.194. The summed E-state index contributed by atoms with van der Waals surface area (Å²) in [6.45, 7) is 6.21. The molecule has 0 aliphatic carbocycles. The highest BCUT2D eigenvalue weighted by molar-refractivity contribution is 7.99. The van der Waals surface area contributed by atoms with Crippen molar-refractivity contribution < 1.29 is 9.53 Å². The number of nitrogens with two attached hydrogens (primary N) is 1. The molecule has 0 bridgehead atoms. The zero-order valence-corrected chi connectivity index (χ0v) is 11.8. The first kappa shape index (κ1) is 14.6. The van der Waals surface area contributed by atoms with E-state index in [-0.39, 0.29) is 12.1 Å². The third-order valence-electron chi connectivity index (χ3n) is 2.74. The van der Waals surface area contributed by atoms with Crippen molar-refractivity contribution >= 4 is 17.9 Å². The van der Waals surface area contributed by atoms with Gasteiger partial charge in [0.05, 0.1) is 0 Å². The van der Waals surface area contributed by atoms with Gasteiger partial charge in [-0.05, 0) is 51.0 Å². The predicted octanol–water partition coefficient (Wildman–Crippen LogP) is 1.98. The van der Waals surface area contributed by atoms with Crippen molar-refractivity contribution in [2.45, 2.75) is 45.3 Å². The molecule has 1 amide bonds. The molecule has 1 fully saturated rings. The van der Waals surface area contributed by atoms with Crippen LogP contribution in [-0.4, -0.2) is 35.8 Å². The SMILES string of the molecule is CC(C)(C)OC(=O)NC[C@@H]1CCSCC[C@@H]1N. The van der Waals surface area contributed by atoms with Crippen LogP contribution in [-0.2, 0) is 4.74 Å². The van der Waals surface area contributed by atoms with E-state index in [1.165, 1.54) is 0 Å². The molecule has 0 saturated carbocycles. The van der Waals surface area contributed by atoms with Gasteiger partial charge in [-0.3, -0.25) is 0 Å². The van der Waals surface area contributed by atoms with Crippen LogP contribution in [0.25, 0.3) is 0 Å². The van der Waals surface area contributed by atoms with Gasteiger partial charge in [0.15, 0.2) is 0 Å². The summed E-state index contributed by atoms with van der Waals surface area (Å²) in [6.07, 6.45) is 1.76. The minimum Gasteiger partial charge on any atom is -0.444 e. The van der Waals surface area contributed by atoms with Crippen molar-refractivity contribution in [3.8, 4) is 0 Å². The summed E-state index contributed by atoms with van der Waals surface area (Å²) in [5.74, 6) is 2.64. The Morgan fingerprint density at radius 1 is 1.41 bits per heavy atom. The van der Waals surface area contributed by atoms with E-state index in [9.17, 15) is 4.79 Å². The van der Waals surface area contributed by atoms with E-state index in [1.807, 2.05) is 32.5 Å². The van der Waals surface area contributed by atoms with E-state index in [1.54, 1.807) is 0 Å². The molecular weight excluding hydrogens is 236 g/mol. The average molecular weight is 260 g/mol. The summed E-state index contributed by atoms with van der Waals surface area (Å²) in [6, 6.07) is 0.194. The molecule has 0 aromatic heterocycles. The molecule has 0 aromatic rings. The summed E-state index contributed by atoms with van der Waals surface area (Å²) in [5, 5.41) is 2.82. The highest BCUT2D eigenvalue weighted by Gasteiger charge is 2.22. The molecule has 5 heteroatoms. The number of alkyl carbamates (subject to hydrolysis) is 1. The molecule has 2 atom stereocenters. The number of amides is 1. The molecule has 17 heavy (non-hydrogen) atoms. The largest absolute Gasteiger partial charge is 0.444 e. The molecule has 0 spiro atoms. The molecule has 4 nitrogen and oxygen atoms in total. The molecule has 1 saturated heterocycles. The molecule has 1 aliphatic rings. The van der Waals surface area contributed by atoms with E-state index in [0.29, 0.717) is 12.5 Å². The number of nitrogens with one attached hydrogen (secondary N) is 1. The molecule has 100 valence electrons. The van der Waals surface area contributed by atoms with Crippen molar-refractivity contribution in [1.82, 2.24) is 5.32 Å². The van der Waals surface area contributed by atoms with Gasteiger partial charge in [-0.15, -0.1) is 0 Å². The van der Waals surface area contributed by atoms with Crippen LogP contribution in [0.3, 0.4) is 0 Å². The summed E-state index contributed by atoms with van der Waals surface area (Å²) in [7, 11) is 0. The van der Waals surface area contributed by atoms with Gasteiger partial charge < -0.3 is 15.8 Å². The molecule has 1 aliphatic heterocycles. The second kappa shape index (κ2) is 6.50. The van der Waals surface area contributed by atoms with Crippen LogP contribution in [0.5, 0.6) is 0 Å². The molecule has 0 aromatic carbocycles. The number of carbonyl (C=O) groups excluding carboxylic acids is 1. The number of rotatable bonds is 2. The summed E-state index contributed by atoms with van der Waals surface area (Å²) in [4.78, 5) is 11.5. The number of hydrogen-bond donors (Lipinski definition) is 2. The first-order chi connectivity index (χ1) is 7.88. The average Bonchev–Trinajstić information content (AvgIpc) is 2.37. The maximum absolute atomic E-state index is 11.5. The fourth-order valence-electron chi connectivity index (χ4n) is 1.79. The van der Waals surface area contributed by atoms with Gasteiger partial charge in [0.1, 0.15) is 5.60 Å². The number of carbonyl (C=O) groups is 1. The molecule has 1 rings (SSSR count). The first-order valence-corrected chi connectivity index (χ1v) is 7.34. The number of hydrogen-bond acceptors (Lipinski definition) is 4. The second-order valence-corrected chi connectivity index (χ2v) is 6.72. The Labute approximate surface area is 108 Å². The second-order valence-electron chi connectivity index (χ2n) is 5.50. The Hall–Kier alpha value is -0.420. The van der Waals surface area contributed by atoms with Crippen LogP contribution in [0.15, 0.2) is 0 Å². The molecule has 1 heterocycles. The lowest BCUT2D eigenvalue weighted by molar-refractivity contribution is 0.0516. The Kier molecular flexibility index (Phi) is 5.59. The zero-order valence-electron chi connectivity index (χ0n) is 11.0. The summed E-state index contributed by atoms with van der Waals surface area (Å²) >= 11 is 1.94. The molecular formula is C12H24N2O2S. The fourth-order valence-corrected chi connectivity index (χ4v) is 2.90. The minimum atomic E-state index is -0.439. The summed E-state index contributed by atoms with van der Waals surface area (Å²) < 4.78 is 5.20. The Morgan fingerprint density at radius 3 is 2.71 bits per heavy atom. The topological polar surface area (TPSA) is 64.3 Å².